The van der Waals surface area contributed by atoms with Crippen LogP contribution in [0.2, 0.25) is 0 Å². The molecule has 1 atom stereocenters. The van der Waals surface area contributed by atoms with E-state index in [1.807, 2.05) is 12.1 Å². The zero-order valence-corrected chi connectivity index (χ0v) is 15.7. The van der Waals surface area contributed by atoms with Crippen LogP contribution in [-0.4, -0.2) is 58.0 Å². The summed E-state index contributed by atoms with van der Waals surface area (Å²) in [6.07, 6.45) is 8.91. The second kappa shape index (κ2) is 6.41. The van der Waals surface area contributed by atoms with E-state index < -0.39 is 0 Å². The van der Waals surface area contributed by atoms with E-state index in [1.165, 1.54) is 0 Å². The lowest BCUT2D eigenvalue weighted by molar-refractivity contribution is -0.128. The lowest BCUT2D eigenvalue weighted by Crippen LogP contribution is -2.59. The number of rotatable bonds is 4. The van der Waals surface area contributed by atoms with Gasteiger partial charge in [0.25, 0.3) is 0 Å². The van der Waals surface area contributed by atoms with Gasteiger partial charge in [0.1, 0.15) is 11.3 Å². The lowest BCUT2D eigenvalue weighted by atomic mass is 9.52. The molecule has 1 amide bonds. The number of amides is 1. The van der Waals surface area contributed by atoms with Gasteiger partial charge in [0.2, 0.25) is 5.91 Å². The van der Waals surface area contributed by atoms with Gasteiger partial charge in [-0.3, -0.25) is 9.78 Å². The first-order valence-corrected chi connectivity index (χ1v) is 9.92. The molecule has 0 radical (unpaired) electrons. The summed E-state index contributed by atoms with van der Waals surface area (Å²) < 4.78 is 0. The summed E-state index contributed by atoms with van der Waals surface area (Å²) >= 11 is 0. The Balaban J connectivity index is 1.09. The molecule has 3 aliphatic rings. The van der Waals surface area contributed by atoms with Gasteiger partial charge in [0.05, 0.1) is 5.92 Å². The number of hydrogen-bond donors (Lipinski definition) is 2. The van der Waals surface area contributed by atoms with Crippen LogP contribution in [0.3, 0.4) is 0 Å². The highest BCUT2D eigenvalue weighted by atomic mass is 16.2. The van der Waals surface area contributed by atoms with Crippen molar-refractivity contribution < 1.29 is 4.79 Å². The average molecular weight is 366 g/mol. The third kappa shape index (κ3) is 3.25. The highest BCUT2D eigenvalue weighted by Crippen LogP contribution is 2.56. The fraction of sp³-hybridized carbons (Fsp3) is 0.600. The first-order chi connectivity index (χ1) is 13.1. The second-order valence-corrected chi connectivity index (χ2v) is 8.71. The summed E-state index contributed by atoms with van der Waals surface area (Å²) in [6.45, 7) is 1.94. The topological polar surface area (TPSA) is 83.0 Å². The van der Waals surface area contributed by atoms with Gasteiger partial charge in [-0.05, 0) is 63.2 Å². The van der Waals surface area contributed by atoms with Crippen molar-refractivity contribution in [2.75, 3.05) is 25.5 Å². The van der Waals surface area contributed by atoms with E-state index >= 15 is 0 Å². The maximum absolute atomic E-state index is 12.4. The van der Waals surface area contributed by atoms with E-state index in [-0.39, 0.29) is 11.8 Å². The first-order valence-electron chi connectivity index (χ1n) is 9.92. The first kappa shape index (κ1) is 16.9. The molecule has 2 aliphatic carbocycles. The van der Waals surface area contributed by atoms with Crippen LogP contribution < -0.4 is 10.6 Å². The number of anilines is 1. The van der Waals surface area contributed by atoms with Crippen molar-refractivity contribution in [1.29, 1.82) is 0 Å². The Hall–Kier alpha value is -2.28. The number of carbonyl (C=O) groups excluding carboxylic acids is 1. The van der Waals surface area contributed by atoms with E-state index in [1.54, 1.807) is 12.4 Å². The number of likely N-dealkylation sites (tertiary alicyclic amines) is 1. The molecule has 2 aromatic rings. The van der Waals surface area contributed by atoms with Crippen LogP contribution in [0.5, 0.6) is 0 Å². The molecule has 142 valence electrons. The van der Waals surface area contributed by atoms with Crippen molar-refractivity contribution in [2.24, 2.45) is 11.3 Å². The zero-order chi connectivity index (χ0) is 18.4. The van der Waals surface area contributed by atoms with Gasteiger partial charge >= 0.3 is 0 Å². The van der Waals surface area contributed by atoms with Crippen molar-refractivity contribution in [3.63, 3.8) is 0 Å². The fourth-order valence-electron chi connectivity index (χ4n) is 5.12. The quantitative estimate of drug-likeness (QED) is 0.859. The number of fused-ring (bicyclic) bond motifs is 1. The molecular weight excluding hydrogens is 340 g/mol. The molecule has 2 N–H and O–H groups in total. The Labute approximate surface area is 159 Å². The maximum atomic E-state index is 12.4. The summed E-state index contributed by atoms with van der Waals surface area (Å²) in [5.41, 5.74) is 1.93. The summed E-state index contributed by atoms with van der Waals surface area (Å²) in [6, 6.07) is 4.77. The van der Waals surface area contributed by atoms with E-state index in [0.717, 1.165) is 56.5 Å². The van der Waals surface area contributed by atoms with Crippen molar-refractivity contribution in [3.8, 4) is 0 Å². The van der Waals surface area contributed by atoms with Crippen LogP contribution in [0.15, 0.2) is 24.5 Å². The Morgan fingerprint density at radius 3 is 2.70 bits per heavy atom. The van der Waals surface area contributed by atoms with Gasteiger partial charge < -0.3 is 15.5 Å². The molecule has 1 unspecified atom stereocenters. The third-order valence-electron chi connectivity index (χ3n) is 6.51. The molecule has 5 rings (SSSR count). The standard InChI is InChI=1S/C20H26N6O/c1-26-7-4-13(12-26)19(27)24-15-10-20(11-15)8-14(9-20)23-17-3-2-16-18(25-17)22-6-5-21-16/h2-3,5-6,13-15H,4,7-12H2,1H3,(H,24,27)(H,22,23,25). The monoisotopic (exact) mass is 366 g/mol. The molecule has 1 saturated heterocycles. The van der Waals surface area contributed by atoms with Gasteiger partial charge in [-0.2, -0.15) is 0 Å². The molecule has 2 aromatic heterocycles. The van der Waals surface area contributed by atoms with Crippen molar-refractivity contribution >= 4 is 22.9 Å². The molecule has 3 fully saturated rings. The summed E-state index contributed by atoms with van der Waals surface area (Å²) in [4.78, 5) is 27.7. The molecule has 3 heterocycles. The fourth-order valence-corrected chi connectivity index (χ4v) is 5.12. The Kier molecular flexibility index (Phi) is 4.00. The highest BCUT2D eigenvalue weighted by Gasteiger charge is 2.53. The van der Waals surface area contributed by atoms with Crippen LogP contribution in [0.25, 0.3) is 11.2 Å². The van der Waals surface area contributed by atoms with Gasteiger partial charge in [0.15, 0.2) is 5.65 Å². The predicted molar refractivity (Wildman–Crippen MR) is 103 cm³/mol. The Morgan fingerprint density at radius 1 is 1.15 bits per heavy atom. The zero-order valence-electron chi connectivity index (χ0n) is 15.7. The minimum absolute atomic E-state index is 0.185. The van der Waals surface area contributed by atoms with E-state index in [9.17, 15) is 4.79 Å². The number of nitrogens with zero attached hydrogens (tertiary/aromatic N) is 4. The summed E-state index contributed by atoms with van der Waals surface area (Å²) in [7, 11) is 2.09. The van der Waals surface area contributed by atoms with Crippen LogP contribution in [0.1, 0.15) is 32.1 Å². The number of nitrogens with one attached hydrogen (secondary N) is 2. The van der Waals surface area contributed by atoms with Crippen LogP contribution in [0, 0.1) is 11.3 Å². The highest BCUT2D eigenvalue weighted by molar-refractivity contribution is 5.79. The van der Waals surface area contributed by atoms with Gasteiger partial charge in [-0.25, -0.2) is 9.97 Å². The van der Waals surface area contributed by atoms with E-state index in [2.05, 4.69) is 37.5 Å². The maximum Gasteiger partial charge on any atom is 0.224 e. The predicted octanol–water partition coefficient (Wildman–Crippen LogP) is 1.82. The molecule has 0 aromatic carbocycles. The molecule has 1 spiro atoms. The Morgan fingerprint density at radius 2 is 1.93 bits per heavy atom. The van der Waals surface area contributed by atoms with Gasteiger partial charge in [-0.15, -0.1) is 0 Å². The number of carbonyl (C=O) groups is 1. The molecule has 2 saturated carbocycles. The largest absolute Gasteiger partial charge is 0.367 e. The molecule has 0 bridgehead atoms. The number of aromatic nitrogens is 3. The Bertz CT molecular complexity index is 856. The lowest BCUT2D eigenvalue weighted by Gasteiger charge is -2.58. The second-order valence-electron chi connectivity index (χ2n) is 8.71. The van der Waals surface area contributed by atoms with Gasteiger partial charge in [0, 0.05) is 31.0 Å². The third-order valence-corrected chi connectivity index (χ3v) is 6.51. The SMILES string of the molecule is CN1CCC(C(=O)NC2CC3(C2)CC(Nc2ccc4nccnc4n2)C3)C1. The average Bonchev–Trinajstić information content (AvgIpc) is 3.04. The van der Waals surface area contributed by atoms with Crippen LogP contribution >= 0.6 is 0 Å². The molecule has 7 nitrogen and oxygen atoms in total. The van der Waals surface area contributed by atoms with Gasteiger partial charge in [-0.1, -0.05) is 0 Å². The smallest absolute Gasteiger partial charge is 0.224 e. The summed E-state index contributed by atoms with van der Waals surface area (Å²) in [5, 5.41) is 6.80. The van der Waals surface area contributed by atoms with E-state index in [4.69, 9.17) is 0 Å². The van der Waals surface area contributed by atoms with Crippen LogP contribution in [-0.2, 0) is 4.79 Å². The minimum atomic E-state index is 0.185. The van der Waals surface area contributed by atoms with E-state index in [0.29, 0.717) is 23.1 Å². The van der Waals surface area contributed by atoms with Crippen LogP contribution in [0.4, 0.5) is 5.82 Å². The van der Waals surface area contributed by atoms with Crippen molar-refractivity contribution in [1.82, 2.24) is 25.2 Å². The van der Waals surface area contributed by atoms with Crippen molar-refractivity contribution in [2.45, 2.75) is 44.2 Å². The van der Waals surface area contributed by atoms with Crippen molar-refractivity contribution in [3.05, 3.63) is 24.5 Å². The number of hydrogen-bond acceptors (Lipinski definition) is 6. The molecule has 27 heavy (non-hydrogen) atoms. The molecule has 7 heteroatoms. The molecular formula is C20H26N6O. The number of pyridine rings is 1. The minimum Gasteiger partial charge on any atom is -0.367 e. The normalized spacial score (nSPS) is 32.9. The summed E-state index contributed by atoms with van der Waals surface area (Å²) in [5.74, 6) is 1.32. The molecule has 1 aliphatic heterocycles.